The molecule has 18 heavy (non-hydrogen) atoms. The van der Waals surface area contributed by atoms with Crippen LogP contribution in [0.1, 0.15) is 58.2 Å². The molecule has 0 N–H and O–H groups in total. The molecular weight excluding hydrogens is 335 g/mol. The van der Waals surface area contributed by atoms with Crippen molar-refractivity contribution in [3.8, 4) is 5.75 Å². The van der Waals surface area contributed by atoms with Gasteiger partial charge in [0.05, 0.1) is 7.11 Å². The Bertz CT molecular complexity index is 422. The average molecular weight is 360 g/mol. The van der Waals surface area contributed by atoms with Crippen LogP contribution in [0.2, 0.25) is 0 Å². The van der Waals surface area contributed by atoms with E-state index >= 15 is 0 Å². The molecular formula is C16H25IO. The quantitative estimate of drug-likeness (QED) is 0.530. The van der Waals surface area contributed by atoms with Crippen molar-refractivity contribution in [3.63, 3.8) is 0 Å². The van der Waals surface area contributed by atoms with E-state index in [0.29, 0.717) is 0 Å². The monoisotopic (exact) mass is 360 g/mol. The van der Waals surface area contributed by atoms with Gasteiger partial charge in [-0.3, -0.25) is 0 Å². The van der Waals surface area contributed by atoms with Crippen LogP contribution in [0.15, 0.2) is 12.1 Å². The van der Waals surface area contributed by atoms with E-state index < -0.39 is 0 Å². The van der Waals surface area contributed by atoms with Crippen LogP contribution < -0.4 is 4.74 Å². The summed E-state index contributed by atoms with van der Waals surface area (Å²) in [5.41, 5.74) is 4.10. The smallest absolute Gasteiger partial charge is 0.125 e. The van der Waals surface area contributed by atoms with Crippen LogP contribution in [0, 0.1) is 0 Å². The summed E-state index contributed by atoms with van der Waals surface area (Å²) in [5, 5.41) is 0. The zero-order valence-electron chi connectivity index (χ0n) is 12.6. The van der Waals surface area contributed by atoms with E-state index in [0.717, 1.165) is 12.2 Å². The molecule has 0 radical (unpaired) electrons. The molecule has 1 aromatic rings. The van der Waals surface area contributed by atoms with E-state index in [1.54, 1.807) is 7.11 Å². The number of alkyl halides is 1. The van der Waals surface area contributed by atoms with E-state index in [9.17, 15) is 0 Å². The van der Waals surface area contributed by atoms with E-state index in [1.165, 1.54) is 16.7 Å². The SMILES string of the molecule is CCc1cc(C(C)(C)I)cc(C(C)(C)C)c1OC. The lowest BCUT2D eigenvalue weighted by Crippen LogP contribution is -2.17. The molecule has 0 unspecified atom stereocenters. The summed E-state index contributed by atoms with van der Waals surface area (Å²) in [5.74, 6) is 1.06. The van der Waals surface area contributed by atoms with Gasteiger partial charge >= 0.3 is 0 Å². The Balaban J connectivity index is 3.57. The number of aryl methyl sites for hydroxylation is 1. The average Bonchev–Trinajstić information content (AvgIpc) is 2.24. The van der Waals surface area contributed by atoms with Gasteiger partial charge in [-0.05, 0) is 36.8 Å². The highest BCUT2D eigenvalue weighted by Crippen LogP contribution is 2.40. The molecule has 0 aromatic heterocycles. The van der Waals surface area contributed by atoms with Gasteiger partial charge in [0.15, 0.2) is 0 Å². The third kappa shape index (κ3) is 3.40. The van der Waals surface area contributed by atoms with Crippen LogP contribution in [0.4, 0.5) is 0 Å². The summed E-state index contributed by atoms with van der Waals surface area (Å²) < 4.78 is 5.81. The lowest BCUT2D eigenvalue weighted by molar-refractivity contribution is 0.392. The van der Waals surface area contributed by atoms with Gasteiger partial charge in [0, 0.05) is 8.99 Å². The largest absolute Gasteiger partial charge is 0.496 e. The fraction of sp³-hybridized carbons (Fsp3) is 0.625. The van der Waals surface area contributed by atoms with E-state index in [-0.39, 0.29) is 8.84 Å². The molecule has 0 fully saturated rings. The number of ether oxygens (including phenoxy) is 1. The Kier molecular flexibility index (Phi) is 4.74. The topological polar surface area (TPSA) is 9.23 Å². The Morgan fingerprint density at radius 3 is 2.00 bits per heavy atom. The first kappa shape index (κ1) is 15.8. The Morgan fingerprint density at radius 2 is 1.67 bits per heavy atom. The standard InChI is InChI=1S/C16H25IO/c1-8-11-9-12(16(5,6)17)10-13(14(11)18-7)15(2,3)4/h9-10H,8H2,1-7H3. The first-order valence-corrected chi connectivity index (χ1v) is 7.60. The van der Waals surface area contributed by atoms with Gasteiger partial charge in [-0.25, -0.2) is 0 Å². The van der Waals surface area contributed by atoms with Crippen molar-refractivity contribution in [1.29, 1.82) is 0 Å². The highest BCUT2D eigenvalue weighted by atomic mass is 127. The third-order valence-electron chi connectivity index (χ3n) is 3.25. The Labute approximate surface area is 125 Å². The van der Waals surface area contributed by atoms with Crippen molar-refractivity contribution in [2.24, 2.45) is 0 Å². The molecule has 0 aliphatic heterocycles. The lowest BCUT2D eigenvalue weighted by Gasteiger charge is -2.28. The maximum Gasteiger partial charge on any atom is 0.125 e. The predicted molar refractivity (Wildman–Crippen MR) is 88.1 cm³/mol. The number of benzene rings is 1. The Morgan fingerprint density at radius 1 is 1.11 bits per heavy atom. The van der Waals surface area contributed by atoms with Crippen molar-refractivity contribution in [2.45, 2.75) is 56.8 Å². The molecule has 1 aromatic carbocycles. The molecule has 102 valence electrons. The lowest BCUT2D eigenvalue weighted by atomic mass is 9.82. The van der Waals surface area contributed by atoms with Crippen molar-refractivity contribution in [2.75, 3.05) is 7.11 Å². The minimum absolute atomic E-state index is 0.104. The minimum atomic E-state index is 0.104. The van der Waals surface area contributed by atoms with Crippen LogP contribution in [-0.4, -0.2) is 7.11 Å². The van der Waals surface area contributed by atoms with Gasteiger partial charge in [0.2, 0.25) is 0 Å². The second kappa shape index (κ2) is 5.40. The number of methoxy groups -OCH3 is 1. The second-order valence-corrected chi connectivity index (χ2v) is 8.99. The fourth-order valence-electron chi connectivity index (χ4n) is 2.09. The summed E-state index contributed by atoms with van der Waals surface area (Å²) in [6.45, 7) is 13.4. The number of hydrogen-bond acceptors (Lipinski definition) is 1. The van der Waals surface area contributed by atoms with E-state index in [1.807, 2.05) is 0 Å². The summed E-state index contributed by atoms with van der Waals surface area (Å²) in [6, 6.07) is 4.60. The highest BCUT2D eigenvalue weighted by molar-refractivity contribution is 14.1. The summed E-state index contributed by atoms with van der Waals surface area (Å²) in [7, 11) is 1.78. The van der Waals surface area contributed by atoms with E-state index in [2.05, 4.69) is 76.3 Å². The minimum Gasteiger partial charge on any atom is -0.496 e. The molecule has 0 heterocycles. The van der Waals surface area contributed by atoms with Crippen molar-refractivity contribution in [1.82, 2.24) is 0 Å². The van der Waals surface area contributed by atoms with Crippen LogP contribution >= 0.6 is 22.6 Å². The molecule has 0 aliphatic rings. The number of halogens is 1. The van der Waals surface area contributed by atoms with E-state index in [4.69, 9.17) is 4.74 Å². The summed E-state index contributed by atoms with van der Waals surface area (Å²) in [4.78, 5) is 0. The van der Waals surface area contributed by atoms with Crippen LogP contribution in [-0.2, 0) is 15.3 Å². The first-order chi connectivity index (χ1) is 8.11. The zero-order valence-corrected chi connectivity index (χ0v) is 14.8. The molecule has 0 atom stereocenters. The molecule has 1 nitrogen and oxygen atoms in total. The zero-order chi connectivity index (χ0) is 14.1. The maximum atomic E-state index is 5.66. The second-order valence-electron chi connectivity index (χ2n) is 6.29. The first-order valence-electron chi connectivity index (χ1n) is 6.52. The van der Waals surface area contributed by atoms with Gasteiger partial charge in [0.1, 0.15) is 5.75 Å². The third-order valence-corrected chi connectivity index (χ3v) is 3.87. The predicted octanol–water partition coefficient (Wildman–Crippen LogP) is 5.23. The normalized spacial score (nSPS) is 12.7. The van der Waals surface area contributed by atoms with Gasteiger partial charge < -0.3 is 4.74 Å². The van der Waals surface area contributed by atoms with Gasteiger partial charge in [0.25, 0.3) is 0 Å². The van der Waals surface area contributed by atoms with Crippen LogP contribution in [0.25, 0.3) is 0 Å². The number of hydrogen-bond donors (Lipinski definition) is 0. The van der Waals surface area contributed by atoms with Crippen LogP contribution in [0.3, 0.4) is 0 Å². The maximum absolute atomic E-state index is 5.66. The summed E-state index contributed by atoms with van der Waals surface area (Å²) >= 11 is 2.50. The summed E-state index contributed by atoms with van der Waals surface area (Å²) in [6.07, 6.45) is 1.01. The number of rotatable bonds is 3. The van der Waals surface area contributed by atoms with Crippen molar-refractivity contribution >= 4 is 22.6 Å². The van der Waals surface area contributed by atoms with Gasteiger partial charge in [-0.15, -0.1) is 0 Å². The molecule has 0 spiro atoms. The molecule has 0 amide bonds. The molecule has 2 heteroatoms. The molecule has 0 saturated carbocycles. The molecule has 0 bridgehead atoms. The van der Waals surface area contributed by atoms with Crippen molar-refractivity contribution in [3.05, 3.63) is 28.8 Å². The highest BCUT2D eigenvalue weighted by Gasteiger charge is 2.25. The van der Waals surface area contributed by atoms with Crippen molar-refractivity contribution < 1.29 is 4.74 Å². The molecule has 0 saturated heterocycles. The van der Waals surface area contributed by atoms with Gasteiger partial charge in [-0.1, -0.05) is 62.4 Å². The Hall–Kier alpha value is -0.250. The fourth-order valence-corrected chi connectivity index (χ4v) is 2.40. The van der Waals surface area contributed by atoms with Gasteiger partial charge in [-0.2, -0.15) is 0 Å². The molecule has 0 aliphatic carbocycles. The van der Waals surface area contributed by atoms with Crippen LogP contribution in [0.5, 0.6) is 5.75 Å². The molecule has 1 rings (SSSR count).